The highest BCUT2D eigenvalue weighted by Crippen LogP contribution is 2.19. The lowest BCUT2D eigenvalue weighted by Crippen LogP contribution is -2.62. The van der Waals surface area contributed by atoms with Crippen molar-refractivity contribution >= 4 is 6.08 Å². The van der Waals surface area contributed by atoms with Crippen LogP contribution >= 0.6 is 0 Å². The molecule has 1 aromatic carbocycles. The highest BCUT2D eigenvalue weighted by Gasteiger charge is 2.40. The molecule has 1 aromatic rings. The molecular formula is C21H32N2O6. The van der Waals surface area contributed by atoms with Crippen molar-refractivity contribution in [2.75, 3.05) is 59.2 Å². The lowest BCUT2D eigenvalue weighted by Gasteiger charge is -2.42. The van der Waals surface area contributed by atoms with E-state index in [1.165, 1.54) is 0 Å². The summed E-state index contributed by atoms with van der Waals surface area (Å²) in [5.41, 5.74) is 0.979. The molecule has 3 rings (SSSR count). The summed E-state index contributed by atoms with van der Waals surface area (Å²) in [5.74, 6) is 0.806. The first-order chi connectivity index (χ1) is 14.1. The van der Waals surface area contributed by atoms with Crippen LogP contribution in [0.2, 0.25) is 0 Å². The molecule has 0 spiro atoms. The molecule has 0 radical (unpaired) electrons. The number of hydrogen-bond donors (Lipinski definition) is 4. The van der Waals surface area contributed by atoms with E-state index in [1.807, 2.05) is 36.4 Å². The molecular weight excluding hydrogens is 376 g/mol. The van der Waals surface area contributed by atoms with E-state index in [-0.39, 0.29) is 13.2 Å². The molecule has 0 aliphatic carbocycles. The monoisotopic (exact) mass is 408 g/mol. The van der Waals surface area contributed by atoms with Gasteiger partial charge in [-0.15, -0.1) is 0 Å². The fourth-order valence-corrected chi connectivity index (χ4v) is 3.74. The van der Waals surface area contributed by atoms with Crippen molar-refractivity contribution in [2.45, 2.75) is 24.4 Å². The number of aliphatic hydroxyl groups excluding tert-OH is 4. The van der Waals surface area contributed by atoms with E-state index in [0.717, 1.165) is 44.2 Å². The van der Waals surface area contributed by atoms with Gasteiger partial charge >= 0.3 is 0 Å². The van der Waals surface area contributed by atoms with Crippen molar-refractivity contribution in [2.24, 2.45) is 0 Å². The summed E-state index contributed by atoms with van der Waals surface area (Å²) in [7, 11) is 0. The number of aliphatic hydroxyl groups is 4. The minimum Gasteiger partial charge on any atom is -0.492 e. The second-order valence-electron chi connectivity index (χ2n) is 7.53. The smallest absolute Gasteiger partial charge is 0.119 e. The van der Waals surface area contributed by atoms with Crippen LogP contribution < -0.4 is 4.74 Å². The third kappa shape index (κ3) is 6.23. The van der Waals surface area contributed by atoms with E-state index in [2.05, 4.69) is 4.90 Å². The van der Waals surface area contributed by atoms with Crippen LogP contribution in [-0.4, -0.2) is 114 Å². The lowest BCUT2D eigenvalue weighted by molar-refractivity contribution is -0.142. The van der Waals surface area contributed by atoms with Gasteiger partial charge in [-0.05, 0) is 17.7 Å². The van der Waals surface area contributed by atoms with Gasteiger partial charge in [-0.1, -0.05) is 24.3 Å². The largest absolute Gasteiger partial charge is 0.492 e. The van der Waals surface area contributed by atoms with Crippen LogP contribution in [0.5, 0.6) is 5.75 Å². The number of benzene rings is 1. The number of morpholine rings is 1. The highest BCUT2D eigenvalue weighted by molar-refractivity contribution is 5.51. The molecule has 4 atom stereocenters. The standard InChI is InChI=1S/C21H32N2O6/c24-15-18-20(26)21(27)19(25)14-23(18)6-2-4-16-3-1-5-17(13-16)29-12-9-22-7-10-28-11-8-22/h1-5,13,18-21,24-27H,6-12,14-15H2. The molecule has 4 unspecified atom stereocenters. The highest BCUT2D eigenvalue weighted by atomic mass is 16.5. The zero-order valence-corrected chi connectivity index (χ0v) is 16.6. The first kappa shape index (κ1) is 22.2. The van der Waals surface area contributed by atoms with Gasteiger partial charge in [-0.25, -0.2) is 0 Å². The summed E-state index contributed by atoms with van der Waals surface area (Å²) in [4.78, 5) is 4.09. The molecule has 162 valence electrons. The molecule has 8 heteroatoms. The second-order valence-corrected chi connectivity index (χ2v) is 7.53. The van der Waals surface area contributed by atoms with Gasteiger partial charge in [0.15, 0.2) is 0 Å². The molecule has 0 amide bonds. The van der Waals surface area contributed by atoms with Crippen molar-refractivity contribution in [1.29, 1.82) is 0 Å². The van der Waals surface area contributed by atoms with Crippen molar-refractivity contribution < 1.29 is 29.9 Å². The van der Waals surface area contributed by atoms with Crippen molar-refractivity contribution in [3.63, 3.8) is 0 Å². The molecule has 0 bridgehead atoms. The molecule has 29 heavy (non-hydrogen) atoms. The normalized spacial score (nSPS) is 29.4. The summed E-state index contributed by atoms with van der Waals surface area (Å²) >= 11 is 0. The Labute approximate surface area is 171 Å². The van der Waals surface area contributed by atoms with Gasteiger partial charge in [-0.2, -0.15) is 0 Å². The number of rotatable bonds is 8. The SMILES string of the molecule is OCC1C(O)C(O)C(O)CN1CC=Cc1cccc(OCCN2CCOCC2)c1. The van der Waals surface area contributed by atoms with Crippen LogP contribution in [0.25, 0.3) is 6.08 Å². The number of ether oxygens (including phenoxy) is 2. The Bertz CT molecular complexity index is 652. The fraction of sp³-hybridized carbons (Fsp3) is 0.619. The van der Waals surface area contributed by atoms with Crippen molar-refractivity contribution in [3.8, 4) is 5.75 Å². The average Bonchev–Trinajstić information content (AvgIpc) is 2.73. The second kappa shape index (κ2) is 11.0. The summed E-state index contributed by atoms with van der Waals surface area (Å²) in [6.07, 6.45) is 0.392. The van der Waals surface area contributed by atoms with E-state index in [4.69, 9.17) is 9.47 Å². The summed E-state index contributed by atoms with van der Waals surface area (Å²) in [6, 6.07) is 7.19. The van der Waals surface area contributed by atoms with Crippen molar-refractivity contribution in [1.82, 2.24) is 9.80 Å². The van der Waals surface area contributed by atoms with Crippen LogP contribution in [0.3, 0.4) is 0 Å². The Morgan fingerprint density at radius 2 is 1.93 bits per heavy atom. The van der Waals surface area contributed by atoms with Gasteiger partial charge in [0.25, 0.3) is 0 Å². The third-order valence-corrected chi connectivity index (χ3v) is 5.50. The Morgan fingerprint density at radius 1 is 1.14 bits per heavy atom. The zero-order chi connectivity index (χ0) is 20.6. The molecule has 2 aliphatic rings. The van der Waals surface area contributed by atoms with Gasteiger partial charge < -0.3 is 29.9 Å². The topological polar surface area (TPSA) is 106 Å². The average molecular weight is 408 g/mol. The predicted octanol–water partition coefficient (Wildman–Crippen LogP) is -0.830. The first-order valence-electron chi connectivity index (χ1n) is 10.2. The molecule has 2 heterocycles. The van der Waals surface area contributed by atoms with Crippen LogP contribution in [0.15, 0.2) is 30.3 Å². The minimum absolute atomic E-state index is 0.193. The van der Waals surface area contributed by atoms with Gasteiger partial charge in [0.1, 0.15) is 24.6 Å². The Hall–Kier alpha value is -1.52. The van der Waals surface area contributed by atoms with E-state index in [9.17, 15) is 20.4 Å². The quantitative estimate of drug-likeness (QED) is 0.442. The molecule has 2 saturated heterocycles. The zero-order valence-electron chi connectivity index (χ0n) is 16.6. The van der Waals surface area contributed by atoms with Gasteiger partial charge in [0.2, 0.25) is 0 Å². The summed E-state index contributed by atoms with van der Waals surface area (Å²) < 4.78 is 11.2. The maximum atomic E-state index is 10.0. The van der Waals surface area contributed by atoms with E-state index in [0.29, 0.717) is 13.2 Å². The predicted molar refractivity (Wildman–Crippen MR) is 109 cm³/mol. The minimum atomic E-state index is -1.24. The molecule has 2 fully saturated rings. The third-order valence-electron chi connectivity index (χ3n) is 5.50. The molecule has 0 saturated carbocycles. The summed E-state index contributed by atoms with van der Waals surface area (Å²) in [6.45, 7) is 5.28. The number of piperidine rings is 1. The summed E-state index contributed by atoms with van der Waals surface area (Å²) in [5, 5.41) is 39.2. The first-order valence-corrected chi connectivity index (χ1v) is 10.2. The maximum Gasteiger partial charge on any atom is 0.119 e. The molecule has 0 aromatic heterocycles. The van der Waals surface area contributed by atoms with E-state index < -0.39 is 24.4 Å². The molecule has 2 aliphatic heterocycles. The molecule has 8 nitrogen and oxygen atoms in total. The lowest BCUT2D eigenvalue weighted by atomic mass is 9.94. The number of β-amino-alcohol motifs (C(OH)–C–C–N with tert-alkyl or cyclic N) is 1. The Balaban J connectivity index is 1.49. The Kier molecular flexibility index (Phi) is 8.43. The van der Waals surface area contributed by atoms with Gasteiger partial charge in [0, 0.05) is 32.7 Å². The van der Waals surface area contributed by atoms with Gasteiger partial charge in [0.05, 0.1) is 32.0 Å². The number of hydrogen-bond acceptors (Lipinski definition) is 8. The number of nitrogens with zero attached hydrogens (tertiary/aromatic N) is 2. The maximum absolute atomic E-state index is 10.0. The Morgan fingerprint density at radius 3 is 2.69 bits per heavy atom. The van der Waals surface area contributed by atoms with Crippen LogP contribution in [0.1, 0.15) is 5.56 Å². The molecule has 4 N–H and O–H groups in total. The van der Waals surface area contributed by atoms with E-state index in [1.54, 1.807) is 4.90 Å². The van der Waals surface area contributed by atoms with Gasteiger partial charge in [-0.3, -0.25) is 9.80 Å². The number of likely N-dealkylation sites (tertiary alicyclic amines) is 1. The van der Waals surface area contributed by atoms with E-state index >= 15 is 0 Å². The fourth-order valence-electron chi connectivity index (χ4n) is 3.74. The van der Waals surface area contributed by atoms with Crippen LogP contribution in [0, 0.1) is 0 Å². The van der Waals surface area contributed by atoms with Crippen LogP contribution in [0.4, 0.5) is 0 Å². The van der Waals surface area contributed by atoms with Crippen LogP contribution in [-0.2, 0) is 4.74 Å². The van der Waals surface area contributed by atoms with Crippen molar-refractivity contribution in [3.05, 3.63) is 35.9 Å².